The van der Waals surface area contributed by atoms with Crippen LogP contribution in [0.4, 0.5) is 0 Å². The summed E-state index contributed by atoms with van der Waals surface area (Å²) in [5, 5.41) is 3.93. The van der Waals surface area contributed by atoms with Gasteiger partial charge in [-0.05, 0) is 31.0 Å². The highest BCUT2D eigenvalue weighted by Crippen LogP contribution is 2.31. The van der Waals surface area contributed by atoms with Crippen LogP contribution in [0.5, 0.6) is 5.75 Å². The van der Waals surface area contributed by atoms with Gasteiger partial charge < -0.3 is 14.5 Å². The summed E-state index contributed by atoms with van der Waals surface area (Å²) in [6.07, 6.45) is 0. The highest BCUT2D eigenvalue weighted by Gasteiger charge is 2.13. The third kappa shape index (κ3) is 4.06. The van der Waals surface area contributed by atoms with Crippen molar-refractivity contribution in [2.45, 2.75) is 19.9 Å². The van der Waals surface area contributed by atoms with Crippen molar-refractivity contribution in [3.8, 4) is 5.75 Å². The lowest BCUT2D eigenvalue weighted by molar-refractivity contribution is -0.123. The van der Waals surface area contributed by atoms with Gasteiger partial charge in [-0.2, -0.15) is 0 Å². The molecule has 0 aliphatic rings. The molecule has 0 fully saturated rings. The van der Waals surface area contributed by atoms with Crippen molar-refractivity contribution < 1.29 is 13.9 Å². The fourth-order valence-corrected chi connectivity index (χ4v) is 2.90. The van der Waals surface area contributed by atoms with Crippen molar-refractivity contribution in [3.63, 3.8) is 0 Å². The Morgan fingerprint density at radius 2 is 1.96 bits per heavy atom. The second kappa shape index (κ2) is 7.62. The van der Waals surface area contributed by atoms with E-state index < -0.39 is 5.63 Å². The van der Waals surface area contributed by atoms with Gasteiger partial charge in [0.15, 0.2) is 6.61 Å². The Balaban J connectivity index is 1.70. The van der Waals surface area contributed by atoms with Gasteiger partial charge in [0.05, 0.1) is 11.1 Å². The smallest absolute Gasteiger partial charge is 0.336 e. The van der Waals surface area contributed by atoms with E-state index in [1.54, 1.807) is 13.0 Å². The number of halogens is 1. The second-order valence-corrected chi connectivity index (χ2v) is 6.42. The van der Waals surface area contributed by atoms with Crippen molar-refractivity contribution in [1.82, 2.24) is 5.32 Å². The lowest BCUT2D eigenvalue weighted by atomic mass is 10.1. The minimum atomic E-state index is -0.447. The molecule has 134 valence electrons. The molecule has 1 aromatic heterocycles. The second-order valence-electron chi connectivity index (χ2n) is 6.02. The van der Waals surface area contributed by atoms with Crippen LogP contribution < -0.4 is 15.7 Å². The summed E-state index contributed by atoms with van der Waals surface area (Å²) in [7, 11) is 0. The van der Waals surface area contributed by atoms with Crippen molar-refractivity contribution in [2.75, 3.05) is 6.61 Å². The van der Waals surface area contributed by atoms with Crippen LogP contribution >= 0.6 is 11.6 Å². The monoisotopic (exact) mass is 371 g/mol. The van der Waals surface area contributed by atoms with Gasteiger partial charge in [-0.1, -0.05) is 41.9 Å². The largest absolute Gasteiger partial charge is 0.482 e. The molecule has 3 rings (SSSR count). The maximum Gasteiger partial charge on any atom is 0.336 e. The van der Waals surface area contributed by atoms with Gasteiger partial charge in [-0.25, -0.2) is 4.79 Å². The number of benzene rings is 2. The Morgan fingerprint density at radius 1 is 1.23 bits per heavy atom. The van der Waals surface area contributed by atoms with Crippen LogP contribution in [0, 0.1) is 6.92 Å². The van der Waals surface area contributed by atoms with Crippen LogP contribution in [0.25, 0.3) is 11.0 Å². The molecule has 2 aromatic carbocycles. The summed E-state index contributed by atoms with van der Waals surface area (Å²) in [5.41, 5.74) is 1.69. The summed E-state index contributed by atoms with van der Waals surface area (Å²) in [6.45, 7) is 3.50. The first-order valence-corrected chi connectivity index (χ1v) is 8.53. The Labute approximate surface area is 155 Å². The zero-order valence-electron chi connectivity index (χ0n) is 14.4. The number of amides is 1. The van der Waals surface area contributed by atoms with Gasteiger partial charge >= 0.3 is 5.63 Å². The summed E-state index contributed by atoms with van der Waals surface area (Å²) < 4.78 is 10.7. The first-order chi connectivity index (χ1) is 12.4. The molecule has 0 aliphatic heterocycles. The Kier molecular flexibility index (Phi) is 5.28. The highest BCUT2D eigenvalue weighted by atomic mass is 35.5. The summed E-state index contributed by atoms with van der Waals surface area (Å²) in [6, 6.07) is 14.1. The molecule has 1 amide bonds. The van der Waals surface area contributed by atoms with Crippen molar-refractivity contribution in [1.29, 1.82) is 0 Å². The molecule has 5 nitrogen and oxygen atoms in total. The number of nitrogens with one attached hydrogen (secondary N) is 1. The van der Waals surface area contributed by atoms with Gasteiger partial charge in [-0.3, -0.25) is 4.79 Å². The van der Waals surface area contributed by atoms with Crippen LogP contribution in [-0.2, 0) is 4.79 Å². The van der Waals surface area contributed by atoms with Gasteiger partial charge in [0.25, 0.3) is 5.91 Å². The third-order valence-electron chi connectivity index (χ3n) is 4.04. The number of hydrogen-bond acceptors (Lipinski definition) is 4. The number of hydrogen-bond donors (Lipinski definition) is 1. The normalized spacial score (nSPS) is 12.0. The Bertz CT molecular complexity index is 998. The van der Waals surface area contributed by atoms with E-state index in [0.29, 0.717) is 10.6 Å². The minimum Gasteiger partial charge on any atom is -0.482 e. The molecule has 1 heterocycles. The van der Waals surface area contributed by atoms with Crippen LogP contribution in [0.1, 0.15) is 24.1 Å². The molecule has 3 aromatic rings. The van der Waals surface area contributed by atoms with Gasteiger partial charge in [0, 0.05) is 17.5 Å². The van der Waals surface area contributed by atoms with Crippen LogP contribution in [0.3, 0.4) is 0 Å². The van der Waals surface area contributed by atoms with E-state index in [1.807, 2.05) is 37.3 Å². The van der Waals surface area contributed by atoms with E-state index in [4.69, 9.17) is 20.8 Å². The predicted molar refractivity (Wildman–Crippen MR) is 101 cm³/mol. The molecule has 0 aliphatic carbocycles. The fourth-order valence-electron chi connectivity index (χ4n) is 2.68. The third-order valence-corrected chi connectivity index (χ3v) is 4.34. The molecular weight excluding hydrogens is 354 g/mol. The first-order valence-electron chi connectivity index (χ1n) is 8.15. The van der Waals surface area contributed by atoms with E-state index in [-0.39, 0.29) is 24.3 Å². The SMILES string of the molecule is Cc1cc(=O)oc2cc(OCC(=O)NC(C)c3ccccc3)c(Cl)cc12. The Morgan fingerprint density at radius 3 is 2.69 bits per heavy atom. The number of carbonyl (C=O) groups excluding carboxylic acids is 1. The first kappa shape index (κ1) is 18.0. The molecule has 6 heteroatoms. The van der Waals surface area contributed by atoms with Crippen LogP contribution in [0.15, 0.2) is 57.7 Å². The standard InChI is InChI=1S/C20H18ClNO4/c1-12-8-20(24)26-17-10-18(16(21)9-15(12)17)25-11-19(23)22-13(2)14-6-4-3-5-7-14/h3-10,13H,11H2,1-2H3,(H,22,23). The quantitative estimate of drug-likeness (QED) is 0.688. The topological polar surface area (TPSA) is 68.5 Å². The van der Waals surface area contributed by atoms with Crippen LogP contribution in [0.2, 0.25) is 5.02 Å². The molecule has 0 bridgehead atoms. The average Bonchev–Trinajstić information content (AvgIpc) is 2.61. The fraction of sp³-hybridized carbons (Fsp3) is 0.200. The molecule has 1 atom stereocenters. The maximum absolute atomic E-state index is 12.1. The molecule has 0 radical (unpaired) electrons. The number of carbonyl (C=O) groups is 1. The van der Waals surface area contributed by atoms with Gasteiger partial charge in [0.2, 0.25) is 0 Å². The zero-order valence-corrected chi connectivity index (χ0v) is 15.2. The predicted octanol–water partition coefficient (Wildman–Crippen LogP) is 4.01. The van der Waals surface area contributed by atoms with Crippen molar-refractivity contribution in [3.05, 3.63) is 75.1 Å². The van der Waals surface area contributed by atoms with Gasteiger partial charge in [0.1, 0.15) is 11.3 Å². The lowest BCUT2D eigenvalue weighted by Crippen LogP contribution is -2.31. The summed E-state index contributed by atoms with van der Waals surface area (Å²) >= 11 is 6.22. The number of aryl methyl sites for hydroxylation is 1. The molecule has 26 heavy (non-hydrogen) atoms. The highest BCUT2D eigenvalue weighted by molar-refractivity contribution is 6.32. The number of fused-ring (bicyclic) bond motifs is 1. The van der Waals surface area contributed by atoms with Crippen LogP contribution in [-0.4, -0.2) is 12.5 Å². The maximum atomic E-state index is 12.1. The summed E-state index contributed by atoms with van der Waals surface area (Å²) in [4.78, 5) is 23.6. The molecule has 0 saturated carbocycles. The number of ether oxygens (including phenoxy) is 1. The molecule has 0 spiro atoms. The lowest BCUT2D eigenvalue weighted by Gasteiger charge is -2.15. The van der Waals surface area contributed by atoms with E-state index in [9.17, 15) is 9.59 Å². The molecule has 1 unspecified atom stereocenters. The molecular formula is C20H18ClNO4. The van der Waals surface area contributed by atoms with Crippen molar-refractivity contribution >= 4 is 28.5 Å². The number of rotatable bonds is 5. The molecule has 1 N–H and O–H groups in total. The van der Waals surface area contributed by atoms with E-state index in [0.717, 1.165) is 16.5 Å². The zero-order chi connectivity index (χ0) is 18.7. The van der Waals surface area contributed by atoms with E-state index in [1.165, 1.54) is 12.1 Å². The minimum absolute atomic E-state index is 0.139. The van der Waals surface area contributed by atoms with E-state index >= 15 is 0 Å². The molecule has 0 saturated heterocycles. The van der Waals surface area contributed by atoms with Crippen molar-refractivity contribution in [2.24, 2.45) is 0 Å². The van der Waals surface area contributed by atoms with E-state index in [2.05, 4.69) is 5.32 Å². The average molecular weight is 372 g/mol. The van der Waals surface area contributed by atoms with Gasteiger partial charge in [-0.15, -0.1) is 0 Å². The Hall–Kier alpha value is -2.79. The summed E-state index contributed by atoms with van der Waals surface area (Å²) in [5.74, 6) is 0.0126.